The van der Waals surface area contributed by atoms with Crippen LogP contribution in [0.15, 0.2) is 54.6 Å². The van der Waals surface area contributed by atoms with E-state index < -0.39 is 0 Å². The molecule has 0 bridgehead atoms. The summed E-state index contributed by atoms with van der Waals surface area (Å²) in [6.07, 6.45) is 3.23. The number of para-hydroxylation sites is 1. The van der Waals surface area contributed by atoms with E-state index in [0.717, 1.165) is 35.3 Å². The summed E-state index contributed by atoms with van der Waals surface area (Å²) in [4.78, 5) is 15.4. The standard InChI is InChI=1S/C19H18N2O/c22-19(14-5-3-6-14)20-16-10-8-13(9-11-16)18-12-15-4-1-2-7-17(15)21-18/h1-2,4,7-12,14,21H,3,5-6H2,(H,20,22). The van der Waals surface area contributed by atoms with Crippen molar-refractivity contribution in [3.8, 4) is 11.3 Å². The molecule has 1 aromatic heterocycles. The van der Waals surface area contributed by atoms with Crippen molar-refractivity contribution in [1.29, 1.82) is 0 Å². The molecule has 110 valence electrons. The van der Waals surface area contributed by atoms with Gasteiger partial charge < -0.3 is 10.3 Å². The first-order valence-corrected chi connectivity index (χ1v) is 7.79. The first-order chi connectivity index (χ1) is 10.8. The van der Waals surface area contributed by atoms with Gasteiger partial charge in [0.15, 0.2) is 0 Å². The monoisotopic (exact) mass is 290 g/mol. The van der Waals surface area contributed by atoms with Gasteiger partial charge in [0, 0.05) is 28.2 Å². The van der Waals surface area contributed by atoms with Gasteiger partial charge in [-0.3, -0.25) is 4.79 Å². The number of H-pyrrole nitrogens is 1. The van der Waals surface area contributed by atoms with Crippen LogP contribution in [0.1, 0.15) is 19.3 Å². The van der Waals surface area contributed by atoms with Crippen molar-refractivity contribution in [3.05, 3.63) is 54.6 Å². The highest BCUT2D eigenvalue weighted by molar-refractivity contribution is 5.93. The third-order valence-electron chi connectivity index (χ3n) is 4.47. The molecule has 2 aromatic carbocycles. The lowest BCUT2D eigenvalue weighted by atomic mass is 9.85. The molecule has 1 heterocycles. The predicted molar refractivity (Wildman–Crippen MR) is 89.7 cm³/mol. The Morgan fingerprint density at radius 2 is 1.82 bits per heavy atom. The van der Waals surface area contributed by atoms with Crippen LogP contribution < -0.4 is 5.32 Å². The maximum atomic E-state index is 11.9. The SMILES string of the molecule is O=C(Nc1ccc(-c2cc3ccccc3[nH]2)cc1)C1CCC1. The fourth-order valence-electron chi connectivity index (χ4n) is 2.88. The molecule has 1 fully saturated rings. The van der Waals surface area contributed by atoms with E-state index >= 15 is 0 Å². The predicted octanol–water partition coefficient (Wildman–Crippen LogP) is 4.57. The van der Waals surface area contributed by atoms with Gasteiger partial charge in [-0.1, -0.05) is 36.8 Å². The van der Waals surface area contributed by atoms with Crippen LogP contribution in [0, 0.1) is 5.92 Å². The second-order valence-electron chi connectivity index (χ2n) is 5.96. The fraction of sp³-hybridized carbons (Fsp3) is 0.211. The largest absolute Gasteiger partial charge is 0.355 e. The Kier molecular flexibility index (Phi) is 3.19. The molecule has 1 aliphatic carbocycles. The molecule has 1 aliphatic rings. The maximum absolute atomic E-state index is 11.9. The number of fused-ring (bicyclic) bond motifs is 1. The first kappa shape index (κ1) is 13.1. The Morgan fingerprint density at radius 1 is 1.05 bits per heavy atom. The molecule has 1 saturated carbocycles. The van der Waals surface area contributed by atoms with E-state index in [4.69, 9.17) is 0 Å². The molecule has 3 nitrogen and oxygen atoms in total. The summed E-state index contributed by atoms with van der Waals surface area (Å²) in [6.45, 7) is 0. The number of carbonyl (C=O) groups excluding carboxylic acids is 1. The lowest BCUT2D eigenvalue weighted by Crippen LogP contribution is -2.27. The number of hydrogen-bond donors (Lipinski definition) is 2. The summed E-state index contributed by atoms with van der Waals surface area (Å²) >= 11 is 0. The average Bonchev–Trinajstić information content (AvgIpc) is 2.90. The van der Waals surface area contributed by atoms with Gasteiger partial charge in [-0.25, -0.2) is 0 Å². The van der Waals surface area contributed by atoms with E-state index in [2.05, 4.69) is 28.5 Å². The van der Waals surface area contributed by atoms with Crippen LogP contribution in [-0.2, 0) is 4.79 Å². The minimum absolute atomic E-state index is 0.157. The van der Waals surface area contributed by atoms with Gasteiger partial charge in [-0.15, -0.1) is 0 Å². The Bertz CT molecular complexity index is 780. The smallest absolute Gasteiger partial charge is 0.227 e. The van der Waals surface area contributed by atoms with Gasteiger partial charge in [0.2, 0.25) is 5.91 Å². The van der Waals surface area contributed by atoms with Gasteiger partial charge >= 0.3 is 0 Å². The minimum Gasteiger partial charge on any atom is -0.355 e. The molecule has 0 aliphatic heterocycles. The molecule has 0 radical (unpaired) electrons. The van der Waals surface area contributed by atoms with Crippen LogP contribution in [0.25, 0.3) is 22.2 Å². The van der Waals surface area contributed by atoms with E-state index in [1.165, 1.54) is 11.8 Å². The van der Waals surface area contributed by atoms with Crippen molar-refractivity contribution in [2.75, 3.05) is 5.32 Å². The quantitative estimate of drug-likeness (QED) is 0.729. The highest BCUT2D eigenvalue weighted by Gasteiger charge is 2.24. The molecule has 0 spiro atoms. The molecule has 0 saturated heterocycles. The molecule has 1 amide bonds. The summed E-state index contributed by atoms with van der Waals surface area (Å²) in [7, 11) is 0. The van der Waals surface area contributed by atoms with E-state index in [9.17, 15) is 4.79 Å². The zero-order valence-corrected chi connectivity index (χ0v) is 12.3. The lowest BCUT2D eigenvalue weighted by Gasteiger charge is -2.24. The topological polar surface area (TPSA) is 44.9 Å². The van der Waals surface area contributed by atoms with Crippen molar-refractivity contribution in [2.24, 2.45) is 5.92 Å². The van der Waals surface area contributed by atoms with Gasteiger partial charge in [-0.2, -0.15) is 0 Å². The fourth-order valence-corrected chi connectivity index (χ4v) is 2.88. The van der Waals surface area contributed by atoms with E-state index in [0.29, 0.717) is 0 Å². The highest BCUT2D eigenvalue weighted by Crippen LogP contribution is 2.28. The van der Waals surface area contributed by atoms with Crippen molar-refractivity contribution in [3.63, 3.8) is 0 Å². The number of hydrogen-bond acceptors (Lipinski definition) is 1. The minimum atomic E-state index is 0.157. The van der Waals surface area contributed by atoms with Crippen LogP contribution in [0.4, 0.5) is 5.69 Å². The number of benzene rings is 2. The third-order valence-corrected chi connectivity index (χ3v) is 4.47. The van der Waals surface area contributed by atoms with E-state index in [1.807, 2.05) is 36.4 Å². The number of nitrogens with one attached hydrogen (secondary N) is 2. The number of aromatic nitrogens is 1. The van der Waals surface area contributed by atoms with Crippen molar-refractivity contribution < 1.29 is 4.79 Å². The maximum Gasteiger partial charge on any atom is 0.227 e. The van der Waals surface area contributed by atoms with E-state index in [1.54, 1.807) is 0 Å². The zero-order chi connectivity index (χ0) is 14.9. The van der Waals surface area contributed by atoms with Gasteiger partial charge in [-0.05, 0) is 42.7 Å². The summed E-state index contributed by atoms with van der Waals surface area (Å²) in [6, 6.07) is 18.4. The normalized spacial score (nSPS) is 14.7. The molecular formula is C19H18N2O. The second-order valence-corrected chi connectivity index (χ2v) is 5.96. The number of carbonyl (C=O) groups is 1. The Morgan fingerprint density at radius 3 is 2.50 bits per heavy atom. The summed E-state index contributed by atoms with van der Waals surface area (Å²) in [5, 5.41) is 4.21. The summed E-state index contributed by atoms with van der Waals surface area (Å²) in [5.74, 6) is 0.373. The molecule has 3 aromatic rings. The number of aromatic amines is 1. The van der Waals surface area contributed by atoms with Crippen LogP contribution in [0.2, 0.25) is 0 Å². The molecule has 2 N–H and O–H groups in total. The Balaban J connectivity index is 1.54. The third kappa shape index (κ3) is 2.39. The number of rotatable bonds is 3. The van der Waals surface area contributed by atoms with Crippen molar-refractivity contribution >= 4 is 22.5 Å². The average molecular weight is 290 g/mol. The highest BCUT2D eigenvalue weighted by atomic mass is 16.1. The van der Waals surface area contributed by atoms with Crippen LogP contribution >= 0.6 is 0 Å². The molecule has 0 unspecified atom stereocenters. The Hall–Kier alpha value is -2.55. The van der Waals surface area contributed by atoms with Crippen LogP contribution in [0.3, 0.4) is 0 Å². The van der Waals surface area contributed by atoms with Gasteiger partial charge in [0.25, 0.3) is 0 Å². The lowest BCUT2D eigenvalue weighted by molar-refractivity contribution is -0.122. The summed E-state index contributed by atoms with van der Waals surface area (Å²) < 4.78 is 0. The van der Waals surface area contributed by atoms with Crippen molar-refractivity contribution in [1.82, 2.24) is 4.98 Å². The molecule has 4 rings (SSSR count). The number of anilines is 1. The zero-order valence-electron chi connectivity index (χ0n) is 12.3. The first-order valence-electron chi connectivity index (χ1n) is 7.79. The Labute approximate surface area is 129 Å². The van der Waals surface area contributed by atoms with E-state index in [-0.39, 0.29) is 11.8 Å². The molecule has 0 atom stereocenters. The van der Waals surface area contributed by atoms with Gasteiger partial charge in [0.05, 0.1) is 0 Å². The van der Waals surface area contributed by atoms with Crippen LogP contribution in [-0.4, -0.2) is 10.9 Å². The molecule has 22 heavy (non-hydrogen) atoms. The number of amides is 1. The van der Waals surface area contributed by atoms with Crippen LogP contribution in [0.5, 0.6) is 0 Å². The second kappa shape index (κ2) is 5.34. The summed E-state index contributed by atoms with van der Waals surface area (Å²) in [5.41, 5.74) is 4.23. The van der Waals surface area contributed by atoms with Crippen molar-refractivity contribution in [2.45, 2.75) is 19.3 Å². The van der Waals surface area contributed by atoms with Gasteiger partial charge in [0.1, 0.15) is 0 Å². The molecular weight excluding hydrogens is 272 g/mol. The molecule has 3 heteroatoms.